The molecule has 0 atom stereocenters. The third-order valence-electron chi connectivity index (χ3n) is 2.40. The van der Waals surface area contributed by atoms with Crippen LogP contribution in [0, 0.1) is 5.82 Å². The number of carbonyl (C=O) groups excluding carboxylic acids is 1. The summed E-state index contributed by atoms with van der Waals surface area (Å²) in [4.78, 5) is 22.8. The largest absolute Gasteiger partial charge is 0.477 e. The Kier molecular flexibility index (Phi) is 3.95. The first kappa shape index (κ1) is 13.5. The van der Waals surface area contributed by atoms with Gasteiger partial charge in [-0.05, 0) is 35.9 Å². The first-order chi connectivity index (χ1) is 9.56. The normalized spacial score (nSPS) is 11.2. The Labute approximate surface area is 113 Å². The highest BCUT2D eigenvalue weighted by molar-refractivity contribution is 6.01. The second kappa shape index (κ2) is 5.83. The maximum atomic E-state index is 12.8. The van der Waals surface area contributed by atoms with Crippen molar-refractivity contribution in [1.29, 1.82) is 0 Å². The summed E-state index contributed by atoms with van der Waals surface area (Å²) in [5.74, 6) is -2.42. The summed E-state index contributed by atoms with van der Waals surface area (Å²) in [5, 5.41) is 11.3. The monoisotopic (exact) mass is 275 g/mol. The summed E-state index contributed by atoms with van der Waals surface area (Å²) in [6, 6.07) is 8.11. The van der Waals surface area contributed by atoms with Crippen LogP contribution in [-0.4, -0.2) is 17.0 Å². The highest BCUT2D eigenvalue weighted by Gasteiger charge is 2.15. The molecule has 1 aromatic heterocycles. The minimum Gasteiger partial charge on any atom is -0.477 e. The third kappa shape index (κ3) is 3.32. The Morgan fingerprint density at radius 1 is 1.20 bits per heavy atom. The molecule has 0 fully saturated rings. The van der Waals surface area contributed by atoms with E-state index < -0.39 is 17.7 Å². The molecular weight excluding hydrogens is 265 g/mol. The summed E-state index contributed by atoms with van der Waals surface area (Å²) >= 11 is 0. The van der Waals surface area contributed by atoms with Gasteiger partial charge in [0.25, 0.3) is 5.91 Å². The van der Waals surface area contributed by atoms with E-state index in [1.807, 2.05) is 0 Å². The van der Waals surface area contributed by atoms with Gasteiger partial charge in [0.1, 0.15) is 11.5 Å². The zero-order valence-electron chi connectivity index (χ0n) is 10.2. The Bertz CT molecular complexity index is 644. The zero-order chi connectivity index (χ0) is 14.5. The molecule has 0 bridgehead atoms. The lowest BCUT2D eigenvalue weighted by Gasteiger charge is -2.04. The van der Waals surface area contributed by atoms with Gasteiger partial charge in [-0.25, -0.2) is 9.18 Å². The van der Waals surface area contributed by atoms with E-state index >= 15 is 0 Å². The van der Waals surface area contributed by atoms with E-state index in [0.717, 1.165) is 0 Å². The number of rotatable bonds is 4. The molecule has 2 aromatic rings. The Morgan fingerprint density at radius 3 is 2.45 bits per heavy atom. The Morgan fingerprint density at radius 2 is 1.90 bits per heavy atom. The van der Waals surface area contributed by atoms with E-state index in [4.69, 9.17) is 9.52 Å². The van der Waals surface area contributed by atoms with Gasteiger partial charge >= 0.3 is 5.97 Å². The fourth-order valence-electron chi connectivity index (χ4n) is 1.47. The molecule has 0 unspecified atom stereocenters. The van der Waals surface area contributed by atoms with Crippen LogP contribution < -0.4 is 5.32 Å². The molecule has 0 aliphatic carbocycles. The van der Waals surface area contributed by atoms with Crippen molar-refractivity contribution in [3.8, 4) is 0 Å². The molecule has 5 nitrogen and oxygen atoms in total. The average Bonchev–Trinajstić information content (AvgIpc) is 2.94. The van der Waals surface area contributed by atoms with Gasteiger partial charge in [-0.1, -0.05) is 12.1 Å². The highest BCUT2D eigenvalue weighted by Crippen LogP contribution is 2.08. The summed E-state index contributed by atoms with van der Waals surface area (Å²) in [7, 11) is 0. The minimum absolute atomic E-state index is 0.00347. The summed E-state index contributed by atoms with van der Waals surface area (Å²) in [6.07, 6.45) is 2.53. The molecule has 0 radical (unpaired) electrons. The molecule has 1 heterocycles. The summed E-state index contributed by atoms with van der Waals surface area (Å²) in [6.45, 7) is 0. The van der Waals surface area contributed by atoms with Gasteiger partial charge in [0.15, 0.2) is 5.76 Å². The fourth-order valence-corrected chi connectivity index (χ4v) is 1.47. The van der Waals surface area contributed by atoms with Crippen LogP contribution >= 0.6 is 0 Å². The van der Waals surface area contributed by atoms with Crippen molar-refractivity contribution in [3.05, 3.63) is 65.5 Å². The van der Waals surface area contributed by atoms with Crippen LogP contribution in [-0.2, 0) is 4.79 Å². The molecule has 1 aromatic carbocycles. The van der Waals surface area contributed by atoms with Crippen LogP contribution in [0.2, 0.25) is 0 Å². The van der Waals surface area contributed by atoms with Crippen LogP contribution in [0.5, 0.6) is 0 Å². The standard InChI is InChI=1S/C14H10FNO4/c15-10-5-3-9(4-6-10)8-11(14(18)19)16-13(17)12-2-1-7-20-12/h1-8H,(H,16,17)(H,18,19)/b11-8+. The first-order valence-corrected chi connectivity index (χ1v) is 5.61. The van der Waals surface area contributed by atoms with Crippen LogP contribution in [0.15, 0.2) is 52.8 Å². The predicted octanol–water partition coefficient (Wildman–Crippen LogP) is 2.27. The number of benzene rings is 1. The summed E-state index contributed by atoms with van der Waals surface area (Å²) in [5.41, 5.74) is 0.113. The number of hydrogen-bond acceptors (Lipinski definition) is 3. The van der Waals surface area contributed by atoms with Crippen molar-refractivity contribution in [3.63, 3.8) is 0 Å². The third-order valence-corrected chi connectivity index (χ3v) is 2.40. The van der Waals surface area contributed by atoms with Crippen molar-refractivity contribution in [1.82, 2.24) is 5.32 Å². The highest BCUT2D eigenvalue weighted by atomic mass is 19.1. The Balaban J connectivity index is 2.21. The van der Waals surface area contributed by atoms with E-state index in [-0.39, 0.29) is 11.5 Å². The lowest BCUT2D eigenvalue weighted by Crippen LogP contribution is -2.26. The molecule has 2 rings (SSSR count). The molecular formula is C14H10FNO4. The van der Waals surface area contributed by atoms with Crippen molar-refractivity contribution < 1.29 is 23.5 Å². The molecule has 0 aliphatic heterocycles. The van der Waals surface area contributed by atoms with E-state index in [1.54, 1.807) is 0 Å². The van der Waals surface area contributed by atoms with Crippen molar-refractivity contribution in [2.45, 2.75) is 0 Å². The zero-order valence-corrected chi connectivity index (χ0v) is 10.2. The average molecular weight is 275 g/mol. The van der Waals surface area contributed by atoms with Gasteiger partial charge in [0.2, 0.25) is 0 Å². The molecule has 1 amide bonds. The SMILES string of the molecule is O=C(O)/C(=C\c1ccc(F)cc1)NC(=O)c1ccco1. The van der Waals surface area contributed by atoms with Gasteiger partial charge in [-0.3, -0.25) is 4.79 Å². The van der Waals surface area contributed by atoms with E-state index in [2.05, 4.69) is 5.32 Å². The smallest absolute Gasteiger partial charge is 0.352 e. The Hall–Kier alpha value is -2.89. The van der Waals surface area contributed by atoms with Crippen molar-refractivity contribution in [2.24, 2.45) is 0 Å². The fraction of sp³-hybridized carbons (Fsp3) is 0. The molecule has 6 heteroatoms. The van der Waals surface area contributed by atoms with E-state index in [0.29, 0.717) is 5.56 Å². The van der Waals surface area contributed by atoms with Gasteiger partial charge in [-0.2, -0.15) is 0 Å². The molecule has 102 valence electrons. The molecule has 0 saturated heterocycles. The van der Waals surface area contributed by atoms with Gasteiger partial charge in [0, 0.05) is 0 Å². The molecule has 0 saturated carbocycles. The number of amides is 1. The molecule has 0 aliphatic rings. The van der Waals surface area contributed by atoms with E-state index in [1.165, 1.54) is 48.7 Å². The second-order valence-corrected chi connectivity index (χ2v) is 3.85. The number of hydrogen-bond donors (Lipinski definition) is 2. The van der Waals surface area contributed by atoms with Crippen LogP contribution in [0.25, 0.3) is 6.08 Å². The number of furan rings is 1. The lowest BCUT2D eigenvalue weighted by atomic mass is 10.2. The predicted molar refractivity (Wildman–Crippen MR) is 68.2 cm³/mol. The molecule has 20 heavy (non-hydrogen) atoms. The number of carboxylic acids is 1. The number of carbonyl (C=O) groups is 2. The number of aliphatic carboxylic acids is 1. The molecule has 0 spiro atoms. The lowest BCUT2D eigenvalue weighted by molar-refractivity contribution is -0.132. The van der Waals surface area contributed by atoms with Crippen LogP contribution in [0.1, 0.15) is 16.1 Å². The van der Waals surface area contributed by atoms with Crippen LogP contribution in [0.3, 0.4) is 0 Å². The number of carboxylic acid groups (broad SMARTS) is 1. The van der Waals surface area contributed by atoms with Gasteiger partial charge in [0.05, 0.1) is 6.26 Å². The van der Waals surface area contributed by atoms with Crippen molar-refractivity contribution in [2.75, 3.05) is 0 Å². The summed E-state index contributed by atoms with van der Waals surface area (Å²) < 4.78 is 17.6. The maximum Gasteiger partial charge on any atom is 0.352 e. The first-order valence-electron chi connectivity index (χ1n) is 5.61. The van der Waals surface area contributed by atoms with Gasteiger partial charge < -0.3 is 14.8 Å². The number of halogens is 1. The minimum atomic E-state index is -1.31. The maximum absolute atomic E-state index is 12.8. The van der Waals surface area contributed by atoms with Gasteiger partial charge in [-0.15, -0.1) is 0 Å². The molecule has 2 N–H and O–H groups in total. The van der Waals surface area contributed by atoms with Crippen LogP contribution in [0.4, 0.5) is 4.39 Å². The second-order valence-electron chi connectivity index (χ2n) is 3.85. The topological polar surface area (TPSA) is 79.5 Å². The number of nitrogens with one attached hydrogen (secondary N) is 1. The quantitative estimate of drug-likeness (QED) is 0.839. The van der Waals surface area contributed by atoms with E-state index in [9.17, 15) is 14.0 Å². The van der Waals surface area contributed by atoms with Crippen molar-refractivity contribution >= 4 is 18.0 Å².